The van der Waals surface area contributed by atoms with Crippen LogP contribution in [0.15, 0.2) is 0 Å². The zero-order chi connectivity index (χ0) is 10.1. The van der Waals surface area contributed by atoms with E-state index in [1.54, 1.807) is 0 Å². The fourth-order valence-corrected chi connectivity index (χ4v) is 2.16. The van der Waals surface area contributed by atoms with Crippen molar-refractivity contribution in [3.63, 3.8) is 0 Å². The predicted molar refractivity (Wildman–Crippen MR) is 62.1 cm³/mol. The van der Waals surface area contributed by atoms with Gasteiger partial charge in [0.25, 0.3) is 0 Å². The van der Waals surface area contributed by atoms with Gasteiger partial charge in [-0.2, -0.15) is 0 Å². The Bertz CT molecular complexity index is 368. The van der Waals surface area contributed by atoms with Gasteiger partial charge in [0.05, 0.1) is 5.69 Å². The lowest BCUT2D eigenvalue weighted by molar-refractivity contribution is 0.818. The van der Waals surface area contributed by atoms with Gasteiger partial charge in [-0.15, -0.1) is 5.10 Å². The van der Waals surface area contributed by atoms with E-state index in [9.17, 15) is 0 Å². The molecule has 0 amide bonds. The molecule has 0 saturated heterocycles. The number of rotatable bonds is 2. The Labute approximate surface area is 89.5 Å². The number of aromatic nitrogens is 2. The maximum Gasteiger partial charge on any atom is 0.151 e. The van der Waals surface area contributed by atoms with E-state index in [0.29, 0.717) is 0 Å². The van der Waals surface area contributed by atoms with Crippen LogP contribution >= 0.6 is 12.2 Å². The molecule has 0 atom stereocenters. The standard InChI is InChI=1S/C10H15N3S/c1-3-11-10-8-5-4-6-9(8)13(12-10)7(2)14/h3-6H2,1-2H3,(H,11,12). The lowest BCUT2D eigenvalue weighted by Crippen LogP contribution is -2.10. The van der Waals surface area contributed by atoms with Crippen LogP contribution < -0.4 is 5.32 Å². The van der Waals surface area contributed by atoms with Crippen molar-refractivity contribution < 1.29 is 0 Å². The topological polar surface area (TPSA) is 29.9 Å². The second kappa shape index (κ2) is 3.69. The van der Waals surface area contributed by atoms with Crippen molar-refractivity contribution >= 4 is 23.0 Å². The Kier molecular flexibility index (Phi) is 2.54. The van der Waals surface area contributed by atoms with E-state index < -0.39 is 0 Å². The van der Waals surface area contributed by atoms with Gasteiger partial charge in [-0.05, 0) is 33.1 Å². The van der Waals surface area contributed by atoms with Crippen molar-refractivity contribution in [2.75, 3.05) is 11.9 Å². The van der Waals surface area contributed by atoms with Crippen LogP contribution in [-0.4, -0.2) is 21.3 Å². The Hall–Kier alpha value is -0.900. The van der Waals surface area contributed by atoms with Crippen LogP contribution in [0.1, 0.15) is 31.5 Å². The third-order valence-corrected chi connectivity index (χ3v) is 2.75. The minimum atomic E-state index is 0.840. The average molecular weight is 209 g/mol. The normalized spacial score (nSPS) is 14.1. The first-order chi connectivity index (χ1) is 6.74. The largest absolute Gasteiger partial charge is 0.369 e. The molecule has 0 fully saturated rings. The molecule has 0 spiro atoms. The van der Waals surface area contributed by atoms with Gasteiger partial charge in [0.1, 0.15) is 4.99 Å². The zero-order valence-electron chi connectivity index (χ0n) is 8.63. The molecule has 1 heterocycles. The SMILES string of the molecule is CCNc1nn(C(C)=S)c2c1CCC2. The summed E-state index contributed by atoms with van der Waals surface area (Å²) in [4.78, 5) is 0.840. The van der Waals surface area contributed by atoms with Gasteiger partial charge in [-0.3, -0.25) is 0 Å². The molecular weight excluding hydrogens is 194 g/mol. The first-order valence-corrected chi connectivity index (χ1v) is 5.50. The fraction of sp³-hybridized carbons (Fsp3) is 0.600. The Balaban J connectivity index is 2.44. The molecular formula is C10H15N3S. The molecule has 1 aromatic rings. The van der Waals surface area contributed by atoms with Gasteiger partial charge in [0.15, 0.2) is 5.82 Å². The van der Waals surface area contributed by atoms with Crippen molar-refractivity contribution in [2.24, 2.45) is 0 Å². The molecule has 14 heavy (non-hydrogen) atoms. The van der Waals surface area contributed by atoms with Crippen LogP contribution in [-0.2, 0) is 12.8 Å². The maximum absolute atomic E-state index is 5.17. The molecule has 0 aliphatic heterocycles. The molecule has 0 saturated carbocycles. The van der Waals surface area contributed by atoms with Crippen molar-refractivity contribution in [1.29, 1.82) is 0 Å². The van der Waals surface area contributed by atoms with Gasteiger partial charge in [0.2, 0.25) is 0 Å². The molecule has 4 heteroatoms. The quantitative estimate of drug-likeness (QED) is 0.756. The molecule has 1 N–H and O–H groups in total. The first kappa shape index (κ1) is 9.65. The molecule has 0 aromatic carbocycles. The fourth-order valence-electron chi connectivity index (χ4n) is 2.01. The van der Waals surface area contributed by atoms with E-state index in [1.807, 2.05) is 11.6 Å². The second-order valence-electron chi connectivity index (χ2n) is 3.59. The molecule has 0 unspecified atom stereocenters. The summed E-state index contributed by atoms with van der Waals surface area (Å²) in [6.45, 7) is 4.93. The molecule has 1 aliphatic rings. The molecule has 0 bridgehead atoms. The Morgan fingerprint density at radius 2 is 2.36 bits per heavy atom. The number of hydrogen-bond acceptors (Lipinski definition) is 3. The third-order valence-electron chi connectivity index (χ3n) is 2.57. The summed E-state index contributed by atoms with van der Waals surface area (Å²) >= 11 is 5.17. The summed E-state index contributed by atoms with van der Waals surface area (Å²) in [5.74, 6) is 1.03. The molecule has 0 radical (unpaired) electrons. The predicted octanol–water partition coefficient (Wildman–Crippen LogP) is 2.00. The van der Waals surface area contributed by atoms with E-state index in [4.69, 9.17) is 12.2 Å². The lowest BCUT2D eigenvalue weighted by Gasteiger charge is -2.01. The van der Waals surface area contributed by atoms with Gasteiger partial charge in [0, 0.05) is 12.1 Å². The highest BCUT2D eigenvalue weighted by molar-refractivity contribution is 7.80. The van der Waals surface area contributed by atoms with Gasteiger partial charge in [-0.1, -0.05) is 12.2 Å². The first-order valence-electron chi connectivity index (χ1n) is 5.09. The van der Waals surface area contributed by atoms with E-state index >= 15 is 0 Å². The molecule has 1 aromatic heterocycles. The summed E-state index contributed by atoms with van der Waals surface area (Å²) < 4.78 is 1.91. The van der Waals surface area contributed by atoms with Crippen molar-refractivity contribution in [3.8, 4) is 0 Å². The summed E-state index contributed by atoms with van der Waals surface area (Å²) in [6.07, 6.45) is 3.48. The van der Waals surface area contributed by atoms with Crippen LogP contribution in [0.25, 0.3) is 0 Å². The molecule has 1 aliphatic carbocycles. The van der Waals surface area contributed by atoms with Crippen molar-refractivity contribution in [1.82, 2.24) is 9.78 Å². The van der Waals surface area contributed by atoms with Crippen LogP contribution in [0.5, 0.6) is 0 Å². The minimum absolute atomic E-state index is 0.840. The number of anilines is 1. The van der Waals surface area contributed by atoms with Crippen LogP contribution in [0.4, 0.5) is 5.82 Å². The third kappa shape index (κ3) is 1.43. The Morgan fingerprint density at radius 3 is 3.00 bits per heavy atom. The summed E-state index contributed by atoms with van der Waals surface area (Å²) in [5.41, 5.74) is 2.68. The van der Waals surface area contributed by atoms with Crippen LogP contribution in [0.2, 0.25) is 0 Å². The lowest BCUT2D eigenvalue weighted by atomic mass is 10.2. The highest BCUT2D eigenvalue weighted by atomic mass is 32.1. The number of nitrogens with one attached hydrogen (secondary N) is 1. The maximum atomic E-state index is 5.17. The molecule has 3 nitrogen and oxygen atoms in total. The van der Waals surface area contributed by atoms with Gasteiger partial charge in [-0.25, -0.2) is 4.68 Å². The molecule has 2 rings (SSSR count). The van der Waals surface area contributed by atoms with Gasteiger partial charge >= 0.3 is 0 Å². The Morgan fingerprint density at radius 1 is 1.57 bits per heavy atom. The second-order valence-corrected chi connectivity index (χ2v) is 4.18. The molecule has 76 valence electrons. The van der Waals surface area contributed by atoms with Gasteiger partial charge < -0.3 is 5.32 Å². The van der Waals surface area contributed by atoms with Crippen LogP contribution in [0, 0.1) is 0 Å². The van der Waals surface area contributed by atoms with Crippen molar-refractivity contribution in [3.05, 3.63) is 11.3 Å². The number of nitrogens with zero attached hydrogens (tertiary/aromatic N) is 2. The highest BCUT2D eigenvalue weighted by Crippen LogP contribution is 2.28. The van der Waals surface area contributed by atoms with E-state index in [1.165, 1.54) is 17.7 Å². The highest BCUT2D eigenvalue weighted by Gasteiger charge is 2.22. The van der Waals surface area contributed by atoms with Crippen molar-refractivity contribution in [2.45, 2.75) is 33.1 Å². The number of thiocarbonyl (C=S) groups is 1. The number of fused-ring (bicyclic) bond motifs is 1. The minimum Gasteiger partial charge on any atom is -0.369 e. The van der Waals surface area contributed by atoms with E-state index in [-0.39, 0.29) is 0 Å². The zero-order valence-corrected chi connectivity index (χ0v) is 9.45. The van der Waals surface area contributed by atoms with Crippen LogP contribution in [0.3, 0.4) is 0 Å². The monoisotopic (exact) mass is 209 g/mol. The summed E-state index contributed by atoms with van der Waals surface area (Å²) in [7, 11) is 0. The number of hydrogen-bond donors (Lipinski definition) is 1. The smallest absolute Gasteiger partial charge is 0.151 e. The average Bonchev–Trinajstić information content (AvgIpc) is 2.67. The van der Waals surface area contributed by atoms with E-state index in [0.717, 1.165) is 30.2 Å². The van der Waals surface area contributed by atoms with E-state index in [2.05, 4.69) is 17.3 Å². The summed E-state index contributed by atoms with van der Waals surface area (Å²) in [5, 5.41) is 7.78. The summed E-state index contributed by atoms with van der Waals surface area (Å²) in [6, 6.07) is 0.